The third-order valence-corrected chi connectivity index (χ3v) is 1.44. The Morgan fingerprint density at radius 1 is 1.29 bits per heavy atom. The van der Waals surface area contributed by atoms with Gasteiger partial charge in [-0.3, -0.25) is 4.79 Å². The second-order valence-corrected chi connectivity index (χ2v) is 2.61. The molecule has 4 N–H and O–H groups in total. The van der Waals surface area contributed by atoms with E-state index in [0.717, 1.165) is 0 Å². The Morgan fingerprint density at radius 2 is 1.93 bits per heavy atom. The molecule has 0 aromatic carbocycles. The Balaban J connectivity index is 3.23. The molecule has 0 aromatic heterocycles. The maximum Gasteiger partial charge on any atom is 0.325 e. The number of esters is 1. The molecule has 0 amide bonds. The van der Waals surface area contributed by atoms with E-state index in [1.807, 2.05) is 0 Å². The molecule has 0 heterocycles. The van der Waals surface area contributed by atoms with Crippen molar-refractivity contribution in [2.24, 2.45) is 11.5 Å². The van der Waals surface area contributed by atoms with Crippen molar-refractivity contribution < 1.29 is 19.0 Å². The van der Waals surface area contributed by atoms with E-state index < -0.39 is 12.0 Å². The molecule has 1 unspecified atom stereocenters. The number of rotatable bonds is 8. The van der Waals surface area contributed by atoms with E-state index in [4.69, 9.17) is 20.9 Å². The van der Waals surface area contributed by atoms with E-state index in [1.54, 1.807) is 0 Å². The molecule has 0 radical (unpaired) electrons. The fourth-order valence-electron chi connectivity index (χ4n) is 0.733. The van der Waals surface area contributed by atoms with E-state index in [1.165, 1.54) is 7.11 Å². The smallest absolute Gasteiger partial charge is 0.325 e. The zero-order valence-corrected chi connectivity index (χ0v) is 8.40. The van der Waals surface area contributed by atoms with Crippen molar-refractivity contribution in [2.75, 3.05) is 40.1 Å². The number of hydrogen-bond donors (Lipinski definition) is 2. The van der Waals surface area contributed by atoms with E-state index in [9.17, 15) is 4.79 Å². The first-order valence-electron chi connectivity index (χ1n) is 4.41. The first kappa shape index (κ1) is 13.3. The van der Waals surface area contributed by atoms with Crippen molar-refractivity contribution in [3.63, 3.8) is 0 Å². The number of hydrogen-bond acceptors (Lipinski definition) is 6. The van der Waals surface area contributed by atoms with Crippen LogP contribution in [-0.2, 0) is 19.0 Å². The lowest BCUT2D eigenvalue weighted by Crippen LogP contribution is -2.36. The van der Waals surface area contributed by atoms with E-state index in [0.29, 0.717) is 26.4 Å². The van der Waals surface area contributed by atoms with Gasteiger partial charge in [-0.2, -0.15) is 0 Å². The van der Waals surface area contributed by atoms with Gasteiger partial charge in [0.05, 0.1) is 33.5 Å². The van der Waals surface area contributed by atoms with Crippen LogP contribution in [0.4, 0.5) is 0 Å². The number of ether oxygens (including phenoxy) is 3. The Hall–Kier alpha value is -0.690. The van der Waals surface area contributed by atoms with Crippen molar-refractivity contribution in [3.8, 4) is 0 Å². The number of carbonyl (C=O) groups is 1. The van der Waals surface area contributed by atoms with Crippen LogP contribution in [-0.4, -0.2) is 52.1 Å². The van der Waals surface area contributed by atoms with Gasteiger partial charge in [-0.05, 0) is 0 Å². The van der Waals surface area contributed by atoms with Crippen LogP contribution in [0, 0.1) is 0 Å². The monoisotopic (exact) mass is 206 g/mol. The first-order valence-corrected chi connectivity index (χ1v) is 4.41. The molecule has 0 spiro atoms. The van der Waals surface area contributed by atoms with E-state index >= 15 is 0 Å². The van der Waals surface area contributed by atoms with Gasteiger partial charge in [0.1, 0.15) is 6.04 Å². The Kier molecular flexibility index (Phi) is 8.45. The summed E-state index contributed by atoms with van der Waals surface area (Å²) < 4.78 is 14.5. The first-order chi connectivity index (χ1) is 6.72. The average Bonchev–Trinajstić information content (AvgIpc) is 2.21. The highest BCUT2D eigenvalue weighted by molar-refractivity contribution is 5.75. The predicted octanol–water partition coefficient (Wildman–Crippen LogP) is -1.52. The van der Waals surface area contributed by atoms with Gasteiger partial charge in [0.25, 0.3) is 0 Å². The van der Waals surface area contributed by atoms with Gasteiger partial charge in [0, 0.05) is 6.54 Å². The van der Waals surface area contributed by atoms with Crippen LogP contribution in [0.1, 0.15) is 0 Å². The van der Waals surface area contributed by atoms with Crippen LogP contribution in [0.3, 0.4) is 0 Å². The fourth-order valence-corrected chi connectivity index (χ4v) is 0.733. The minimum absolute atomic E-state index is 0.138. The molecule has 1 atom stereocenters. The summed E-state index contributed by atoms with van der Waals surface area (Å²) in [4.78, 5) is 10.8. The molecule has 14 heavy (non-hydrogen) atoms. The zero-order valence-electron chi connectivity index (χ0n) is 8.40. The maximum absolute atomic E-state index is 10.8. The van der Waals surface area contributed by atoms with Crippen LogP contribution in [0.5, 0.6) is 0 Å². The third kappa shape index (κ3) is 6.79. The standard InChI is InChI=1S/C8H18N2O4/c1-12-8(11)7(10)6-14-5-4-13-3-2-9/h7H,2-6,9-10H2,1H3. The lowest BCUT2D eigenvalue weighted by molar-refractivity contribution is -0.143. The minimum atomic E-state index is -0.727. The fraction of sp³-hybridized carbons (Fsp3) is 0.875. The van der Waals surface area contributed by atoms with Crippen molar-refractivity contribution in [3.05, 3.63) is 0 Å². The van der Waals surface area contributed by atoms with Gasteiger partial charge >= 0.3 is 5.97 Å². The molecule has 0 saturated carbocycles. The number of carbonyl (C=O) groups excluding carboxylic acids is 1. The summed E-state index contributed by atoms with van der Waals surface area (Å²) in [6.45, 7) is 1.97. The maximum atomic E-state index is 10.8. The van der Waals surface area contributed by atoms with Gasteiger partial charge in [0.2, 0.25) is 0 Å². The highest BCUT2D eigenvalue weighted by Crippen LogP contribution is 1.86. The Bertz CT molecular complexity index is 154. The lowest BCUT2D eigenvalue weighted by atomic mass is 10.3. The zero-order chi connectivity index (χ0) is 10.8. The highest BCUT2D eigenvalue weighted by atomic mass is 16.5. The summed E-state index contributed by atoms with van der Waals surface area (Å²) in [6, 6.07) is -0.727. The van der Waals surface area contributed by atoms with Gasteiger partial charge in [0.15, 0.2) is 0 Å². The molecule has 0 aliphatic heterocycles. The molecule has 6 heteroatoms. The van der Waals surface area contributed by atoms with Crippen LogP contribution in [0.2, 0.25) is 0 Å². The predicted molar refractivity (Wildman–Crippen MR) is 50.7 cm³/mol. The van der Waals surface area contributed by atoms with Gasteiger partial charge in [-0.25, -0.2) is 0 Å². The third-order valence-electron chi connectivity index (χ3n) is 1.44. The summed E-state index contributed by atoms with van der Waals surface area (Å²) in [5.74, 6) is -0.479. The second kappa shape index (κ2) is 8.89. The van der Waals surface area contributed by atoms with E-state index in [-0.39, 0.29) is 6.61 Å². The number of nitrogens with two attached hydrogens (primary N) is 2. The molecular weight excluding hydrogens is 188 g/mol. The minimum Gasteiger partial charge on any atom is -0.468 e. The van der Waals surface area contributed by atoms with Crippen LogP contribution in [0.15, 0.2) is 0 Å². The summed E-state index contributed by atoms with van der Waals surface area (Å²) in [5, 5.41) is 0. The highest BCUT2D eigenvalue weighted by Gasteiger charge is 2.12. The molecule has 0 saturated heterocycles. The lowest BCUT2D eigenvalue weighted by Gasteiger charge is -2.09. The summed E-state index contributed by atoms with van der Waals surface area (Å²) in [6.07, 6.45) is 0. The molecular formula is C8H18N2O4. The van der Waals surface area contributed by atoms with Crippen LogP contribution in [0.25, 0.3) is 0 Å². The van der Waals surface area contributed by atoms with Gasteiger partial charge in [-0.15, -0.1) is 0 Å². The number of methoxy groups -OCH3 is 1. The van der Waals surface area contributed by atoms with Crippen LogP contribution < -0.4 is 11.5 Å². The van der Waals surface area contributed by atoms with Gasteiger partial charge < -0.3 is 25.7 Å². The molecule has 0 aromatic rings. The molecule has 0 bridgehead atoms. The van der Waals surface area contributed by atoms with Crippen molar-refractivity contribution in [1.82, 2.24) is 0 Å². The van der Waals surface area contributed by atoms with Crippen molar-refractivity contribution >= 4 is 5.97 Å². The SMILES string of the molecule is COC(=O)C(N)COCCOCCN. The average molecular weight is 206 g/mol. The summed E-state index contributed by atoms with van der Waals surface area (Å²) in [7, 11) is 1.28. The molecule has 0 aliphatic rings. The largest absolute Gasteiger partial charge is 0.468 e. The molecule has 84 valence electrons. The topological polar surface area (TPSA) is 96.8 Å². The Labute approximate surface area is 83.5 Å². The molecule has 0 fully saturated rings. The molecule has 0 aliphatic carbocycles. The van der Waals surface area contributed by atoms with Crippen molar-refractivity contribution in [1.29, 1.82) is 0 Å². The summed E-state index contributed by atoms with van der Waals surface area (Å²) >= 11 is 0. The van der Waals surface area contributed by atoms with Crippen molar-refractivity contribution in [2.45, 2.75) is 6.04 Å². The normalized spacial score (nSPS) is 12.5. The molecule has 6 nitrogen and oxygen atoms in total. The quantitative estimate of drug-likeness (QED) is 0.370. The van der Waals surface area contributed by atoms with Gasteiger partial charge in [-0.1, -0.05) is 0 Å². The van der Waals surface area contributed by atoms with Crippen LogP contribution >= 0.6 is 0 Å². The van der Waals surface area contributed by atoms with E-state index in [2.05, 4.69) is 4.74 Å². The second-order valence-electron chi connectivity index (χ2n) is 2.61. The summed E-state index contributed by atoms with van der Waals surface area (Å²) in [5.41, 5.74) is 10.6. The Morgan fingerprint density at radius 3 is 2.50 bits per heavy atom. The molecule has 0 rings (SSSR count).